The second kappa shape index (κ2) is 8.12. The minimum Gasteiger partial charge on any atom is -0.497 e. The predicted molar refractivity (Wildman–Crippen MR) is 97.3 cm³/mol. The van der Waals surface area contributed by atoms with E-state index in [1.54, 1.807) is 19.5 Å². The van der Waals surface area contributed by atoms with Gasteiger partial charge in [0.15, 0.2) is 0 Å². The molecular formula is C20H25N3O2. The molecular weight excluding hydrogens is 314 g/mol. The highest BCUT2D eigenvalue weighted by molar-refractivity contribution is 5.79. The molecule has 5 nitrogen and oxygen atoms in total. The van der Waals surface area contributed by atoms with Crippen molar-refractivity contribution in [3.05, 3.63) is 59.9 Å². The van der Waals surface area contributed by atoms with Crippen molar-refractivity contribution in [2.24, 2.45) is 0 Å². The summed E-state index contributed by atoms with van der Waals surface area (Å²) in [6.45, 7) is 1.98. The first kappa shape index (κ1) is 17.4. The molecule has 1 fully saturated rings. The Labute approximate surface area is 149 Å². The third-order valence-corrected chi connectivity index (χ3v) is 4.66. The van der Waals surface area contributed by atoms with Crippen LogP contribution in [0.15, 0.2) is 48.8 Å². The molecule has 0 aliphatic carbocycles. The minimum atomic E-state index is 0.150. The molecule has 0 radical (unpaired) electrons. The Bertz CT molecular complexity index is 705. The van der Waals surface area contributed by atoms with E-state index >= 15 is 0 Å². The van der Waals surface area contributed by atoms with Crippen molar-refractivity contribution in [1.82, 2.24) is 14.8 Å². The molecule has 0 saturated carbocycles. The van der Waals surface area contributed by atoms with E-state index in [1.165, 1.54) is 0 Å². The summed E-state index contributed by atoms with van der Waals surface area (Å²) in [4.78, 5) is 20.9. The lowest BCUT2D eigenvalue weighted by Crippen LogP contribution is -2.38. The van der Waals surface area contributed by atoms with Gasteiger partial charge in [-0.1, -0.05) is 12.1 Å². The maximum Gasteiger partial charge on any atom is 0.237 e. The molecule has 1 amide bonds. The lowest BCUT2D eigenvalue weighted by atomic mass is 10.0. The minimum absolute atomic E-state index is 0.150. The van der Waals surface area contributed by atoms with E-state index in [4.69, 9.17) is 4.74 Å². The Morgan fingerprint density at radius 3 is 2.88 bits per heavy atom. The summed E-state index contributed by atoms with van der Waals surface area (Å²) >= 11 is 0. The van der Waals surface area contributed by atoms with Gasteiger partial charge in [-0.05, 0) is 55.3 Å². The van der Waals surface area contributed by atoms with Crippen molar-refractivity contribution in [3.63, 3.8) is 0 Å². The van der Waals surface area contributed by atoms with E-state index < -0.39 is 0 Å². The molecule has 1 aliphatic heterocycles. The number of nitrogens with zero attached hydrogens (tertiary/aromatic N) is 3. The summed E-state index contributed by atoms with van der Waals surface area (Å²) in [6, 6.07) is 12.2. The summed E-state index contributed by atoms with van der Waals surface area (Å²) in [5.74, 6) is 1.02. The SMILES string of the molecule is COc1cccc(C2CCCN2C(=O)CN(C)Cc2ccncc2)c1. The molecule has 2 heterocycles. The molecule has 1 aliphatic rings. The number of carbonyl (C=O) groups is 1. The van der Waals surface area contributed by atoms with Crippen molar-refractivity contribution in [3.8, 4) is 5.75 Å². The summed E-state index contributed by atoms with van der Waals surface area (Å²) < 4.78 is 5.32. The van der Waals surface area contributed by atoms with Gasteiger partial charge in [0, 0.05) is 25.5 Å². The number of aromatic nitrogens is 1. The van der Waals surface area contributed by atoms with Gasteiger partial charge in [0.25, 0.3) is 0 Å². The normalized spacial score (nSPS) is 17.1. The van der Waals surface area contributed by atoms with Crippen molar-refractivity contribution in [2.45, 2.75) is 25.4 Å². The van der Waals surface area contributed by atoms with Gasteiger partial charge in [-0.15, -0.1) is 0 Å². The molecule has 2 aromatic rings. The fraction of sp³-hybridized carbons (Fsp3) is 0.400. The molecule has 5 heteroatoms. The van der Waals surface area contributed by atoms with Crippen LogP contribution in [0.5, 0.6) is 5.75 Å². The third kappa shape index (κ3) is 4.37. The Kier molecular flexibility index (Phi) is 5.66. The zero-order valence-electron chi connectivity index (χ0n) is 14.9. The zero-order valence-corrected chi connectivity index (χ0v) is 14.9. The maximum absolute atomic E-state index is 12.8. The molecule has 1 unspecified atom stereocenters. The van der Waals surface area contributed by atoms with Crippen molar-refractivity contribution in [2.75, 3.05) is 27.2 Å². The van der Waals surface area contributed by atoms with Crippen LogP contribution >= 0.6 is 0 Å². The van der Waals surface area contributed by atoms with Gasteiger partial charge in [0.05, 0.1) is 19.7 Å². The van der Waals surface area contributed by atoms with Gasteiger partial charge in [-0.25, -0.2) is 0 Å². The zero-order chi connectivity index (χ0) is 17.6. The van der Waals surface area contributed by atoms with Gasteiger partial charge in [-0.2, -0.15) is 0 Å². The average molecular weight is 339 g/mol. The number of pyridine rings is 1. The smallest absolute Gasteiger partial charge is 0.237 e. The number of ether oxygens (including phenoxy) is 1. The van der Waals surface area contributed by atoms with Crippen LogP contribution in [0.4, 0.5) is 0 Å². The Balaban J connectivity index is 1.64. The van der Waals surface area contributed by atoms with Crippen molar-refractivity contribution in [1.29, 1.82) is 0 Å². The van der Waals surface area contributed by atoms with Crippen LogP contribution in [0.1, 0.15) is 30.0 Å². The molecule has 3 rings (SSSR count). The van der Waals surface area contributed by atoms with Crippen molar-refractivity contribution >= 4 is 5.91 Å². The van der Waals surface area contributed by atoms with E-state index in [2.05, 4.69) is 16.0 Å². The Morgan fingerprint density at radius 1 is 1.32 bits per heavy atom. The molecule has 1 saturated heterocycles. The van der Waals surface area contributed by atoms with Crippen LogP contribution in [0.25, 0.3) is 0 Å². The molecule has 0 spiro atoms. The number of amides is 1. The fourth-order valence-corrected chi connectivity index (χ4v) is 3.44. The number of carbonyl (C=O) groups excluding carboxylic acids is 1. The van der Waals surface area contributed by atoms with Crippen LogP contribution in [0.3, 0.4) is 0 Å². The molecule has 25 heavy (non-hydrogen) atoms. The van der Waals surface area contributed by atoms with Crippen LogP contribution in [-0.2, 0) is 11.3 Å². The number of rotatable bonds is 6. The van der Waals surface area contributed by atoms with E-state index in [0.29, 0.717) is 6.54 Å². The van der Waals surface area contributed by atoms with Crippen LogP contribution in [0, 0.1) is 0 Å². The first-order valence-corrected chi connectivity index (χ1v) is 8.68. The van der Waals surface area contributed by atoms with Crippen LogP contribution < -0.4 is 4.74 Å². The van der Waals surface area contributed by atoms with Crippen molar-refractivity contribution < 1.29 is 9.53 Å². The summed E-state index contributed by atoms with van der Waals surface area (Å²) in [6.07, 6.45) is 5.61. The molecule has 0 N–H and O–H groups in total. The number of likely N-dealkylation sites (N-methyl/N-ethyl adjacent to an activating group) is 1. The van der Waals surface area contributed by atoms with Gasteiger partial charge >= 0.3 is 0 Å². The highest BCUT2D eigenvalue weighted by atomic mass is 16.5. The first-order valence-electron chi connectivity index (χ1n) is 8.68. The van der Waals surface area contributed by atoms with Gasteiger partial charge < -0.3 is 9.64 Å². The number of hydrogen-bond donors (Lipinski definition) is 0. The Morgan fingerprint density at radius 2 is 2.12 bits per heavy atom. The summed E-state index contributed by atoms with van der Waals surface area (Å²) in [7, 11) is 3.65. The van der Waals surface area contributed by atoms with E-state index in [0.717, 1.165) is 42.8 Å². The Hall–Kier alpha value is -2.40. The van der Waals surface area contributed by atoms with Crippen LogP contribution in [-0.4, -0.2) is 47.9 Å². The molecule has 1 atom stereocenters. The summed E-state index contributed by atoms with van der Waals surface area (Å²) in [5, 5.41) is 0. The third-order valence-electron chi connectivity index (χ3n) is 4.66. The largest absolute Gasteiger partial charge is 0.497 e. The number of hydrogen-bond acceptors (Lipinski definition) is 4. The molecule has 1 aromatic carbocycles. The molecule has 132 valence electrons. The monoisotopic (exact) mass is 339 g/mol. The molecule has 1 aromatic heterocycles. The lowest BCUT2D eigenvalue weighted by Gasteiger charge is -2.27. The average Bonchev–Trinajstić information content (AvgIpc) is 3.12. The second-order valence-electron chi connectivity index (χ2n) is 6.55. The highest BCUT2D eigenvalue weighted by Crippen LogP contribution is 2.33. The summed E-state index contributed by atoms with van der Waals surface area (Å²) in [5.41, 5.74) is 2.32. The number of methoxy groups -OCH3 is 1. The van der Waals surface area contributed by atoms with E-state index in [-0.39, 0.29) is 11.9 Å². The van der Waals surface area contributed by atoms with E-state index in [9.17, 15) is 4.79 Å². The predicted octanol–water partition coefficient (Wildman–Crippen LogP) is 2.89. The van der Waals surface area contributed by atoms with Gasteiger partial charge in [0.2, 0.25) is 5.91 Å². The quantitative estimate of drug-likeness (QED) is 0.812. The standard InChI is InChI=1S/C20H25N3O2/c1-22(14-16-8-10-21-11-9-16)15-20(24)23-12-4-7-19(23)17-5-3-6-18(13-17)25-2/h3,5-6,8-11,13,19H,4,7,12,14-15H2,1-2H3. The van der Waals surface area contributed by atoms with Crippen LogP contribution in [0.2, 0.25) is 0 Å². The highest BCUT2D eigenvalue weighted by Gasteiger charge is 2.30. The van der Waals surface area contributed by atoms with Gasteiger partial charge in [0.1, 0.15) is 5.75 Å². The number of likely N-dealkylation sites (tertiary alicyclic amines) is 1. The van der Waals surface area contributed by atoms with E-state index in [1.807, 2.05) is 42.3 Å². The molecule has 0 bridgehead atoms. The van der Waals surface area contributed by atoms with Gasteiger partial charge in [-0.3, -0.25) is 14.7 Å². The maximum atomic E-state index is 12.8. The first-order chi connectivity index (χ1) is 12.2. The number of benzene rings is 1. The second-order valence-corrected chi connectivity index (χ2v) is 6.55. The fourth-order valence-electron chi connectivity index (χ4n) is 3.44. The topological polar surface area (TPSA) is 45.7 Å². The lowest BCUT2D eigenvalue weighted by molar-refractivity contribution is -0.133.